The molecule has 2 fully saturated rings. The van der Waals surface area contributed by atoms with Gasteiger partial charge in [-0.25, -0.2) is 4.98 Å². The zero-order chi connectivity index (χ0) is 16.4. The number of imidazole rings is 1. The van der Waals surface area contributed by atoms with E-state index in [0.29, 0.717) is 6.04 Å². The van der Waals surface area contributed by atoms with Crippen LogP contribution in [0.4, 0.5) is 0 Å². The molecule has 0 radical (unpaired) electrons. The Hall–Kier alpha value is -0.950. The van der Waals surface area contributed by atoms with Gasteiger partial charge in [0.25, 0.3) is 0 Å². The molecule has 6 heteroatoms. The summed E-state index contributed by atoms with van der Waals surface area (Å²) < 4.78 is 5.38. The fourth-order valence-electron chi connectivity index (χ4n) is 4.40. The van der Waals surface area contributed by atoms with Crippen molar-refractivity contribution in [3.8, 4) is 0 Å². The highest BCUT2D eigenvalue weighted by molar-refractivity contribution is 5.19. The van der Waals surface area contributed by atoms with Gasteiger partial charge in [-0.15, -0.1) is 0 Å². The summed E-state index contributed by atoms with van der Waals surface area (Å²) in [7, 11) is 0. The van der Waals surface area contributed by atoms with Gasteiger partial charge < -0.3 is 14.8 Å². The molecule has 6 nitrogen and oxygen atoms in total. The molecule has 0 unspecified atom stereocenters. The van der Waals surface area contributed by atoms with Crippen LogP contribution >= 0.6 is 0 Å². The van der Waals surface area contributed by atoms with Crippen molar-refractivity contribution in [2.24, 2.45) is 0 Å². The van der Waals surface area contributed by atoms with Gasteiger partial charge in [0.05, 0.1) is 31.1 Å². The molecule has 2 N–H and O–H groups in total. The summed E-state index contributed by atoms with van der Waals surface area (Å²) in [6.45, 7) is 6.01. The maximum atomic E-state index is 10.5. The van der Waals surface area contributed by atoms with E-state index in [2.05, 4.69) is 14.8 Å². The standard InChI is InChI=1S/C18H30N4O2/c23-14(12-21-8-10-24-11-9-21)13-22-7-3-6-17(22)18-19-15-4-1-2-5-16(15)20-18/h14,17,23H,1-13H2,(H,19,20)/t14-,17-/m1/s1. The van der Waals surface area contributed by atoms with Gasteiger partial charge in [-0.1, -0.05) is 0 Å². The number of aromatic amines is 1. The van der Waals surface area contributed by atoms with Crippen LogP contribution < -0.4 is 0 Å². The Morgan fingerprint density at radius 1 is 1.12 bits per heavy atom. The maximum Gasteiger partial charge on any atom is 0.124 e. The molecular weight excluding hydrogens is 304 g/mol. The van der Waals surface area contributed by atoms with Crippen LogP contribution in [0.5, 0.6) is 0 Å². The number of aliphatic hydroxyl groups is 1. The number of fused-ring (bicyclic) bond motifs is 1. The van der Waals surface area contributed by atoms with E-state index in [-0.39, 0.29) is 6.10 Å². The van der Waals surface area contributed by atoms with Gasteiger partial charge in [0, 0.05) is 31.9 Å². The minimum atomic E-state index is -0.298. The lowest BCUT2D eigenvalue weighted by Crippen LogP contribution is -2.44. The second-order valence-electron chi connectivity index (χ2n) is 7.47. The van der Waals surface area contributed by atoms with Crippen LogP contribution in [0.15, 0.2) is 0 Å². The number of hydrogen-bond donors (Lipinski definition) is 2. The smallest absolute Gasteiger partial charge is 0.124 e. The average molecular weight is 334 g/mol. The fraction of sp³-hybridized carbons (Fsp3) is 0.833. The van der Waals surface area contributed by atoms with Crippen molar-refractivity contribution in [2.45, 2.75) is 50.7 Å². The molecule has 1 aromatic rings. The van der Waals surface area contributed by atoms with E-state index >= 15 is 0 Å². The van der Waals surface area contributed by atoms with Crippen LogP contribution in [-0.2, 0) is 17.6 Å². The molecule has 0 aromatic carbocycles. The van der Waals surface area contributed by atoms with E-state index in [1.807, 2.05) is 0 Å². The number of aromatic nitrogens is 2. The Bertz CT molecular complexity index is 518. The number of hydrogen-bond acceptors (Lipinski definition) is 5. The molecule has 4 rings (SSSR count). The number of aryl methyl sites for hydroxylation is 2. The largest absolute Gasteiger partial charge is 0.390 e. The normalized spacial score (nSPS) is 27.3. The first-order valence-electron chi connectivity index (χ1n) is 9.59. The highest BCUT2D eigenvalue weighted by Crippen LogP contribution is 2.32. The number of likely N-dealkylation sites (tertiary alicyclic amines) is 1. The van der Waals surface area contributed by atoms with Crippen LogP contribution in [0.25, 0.3) is 0 Å². The minimum absolute atomic E-state index is 0.298. The van der Waals surface area contributed by atoms with E-state index in [1.54, 1.807) is 0 Å². The molecule has 2 atom stereocenters. The Labute approximate surface area is 144 Å². The van der Waals surface area contributed by atoms with E-state index < -0.39 is 0 Å². The van der Waals surface area contributed by atoms with Gasteiger partial charge in [-0.05, 0) is 45.1 Å². The molecule has 0 bridgehead atoms. The number of β-amino-alcohol motifs (C(OH)–C–C–N with tert-alkyl or cyclic N) is 1. The number of morpholine rings is 1. The molecule has 2 saturated heterocycles. The van der Waals surface area contributed by atoms with E-state index in [4.69, 9.17) is 9.72 Å². The first-order chi connectivity index (χ1) is 11.8. The molecule has 0 saturated carbocycles. The highest BCUT2D eigenvalue weighted by Gasteiger charge is 2.31. The molecule has 3 aliphatic rings. The molecule has 24 heavy (non-hydrogen) atoms. The Morgan fingerprint density at radius 3 is 2.79 bits per heavy atom. The van der Waals surface area contributed by atoms with Crippen LogP contribution in [0, 0.1) is 0 Å². The van der Waals surface area contributed by atoms with Crippen molar-refractivity contribution >= 4 is 0 Å². The first kappa shape index (κ1) is 16.5. The Balaban J connectivity index is 1.36. The summed E-state index contributed by atoms with van der Waals surface area (Å²) in [5.74, 6) is 1.14. The summed E-state index contributed by atoms with van der Waals surface area (Å²) in [6.07, 6.45) is 6.86. The van der Waals surface area contributed by atoms with Gasteiger partial charge in [-0.2, -0.15) is 0 Å². The van der Waals surface area contributed by atoms with E-state index in [1.165, 1.54) is 30.7 Å². The Kier molecular flexibility index (Phi) is 5.17. The molecule has 0 spiro atoms. The van der Waals surface area contributed by atoms with Crippen molar-refractivity contribution in [1.29, 1.82) is 0 Å². The number of nitrogens with one attached hydrogen (secondary N) is 1. The third-order valence-corrected chi connectivity index (χ3v) is 5.67. The minimum Gasteiger partial charge on any atom is -0.390 e. The van der Waals surface area contributed by atoms with Crippen LogP contribution in [0.1, 0.15) is 48.9 Å². The fourth-order valence-corrected chi connectivity index (χ4v) is 4.40. The van der Waals surface area contributed by atoms with Gasteiger partial charge in [0.15, 0.2) is 0 Å². The average Bonchev–Trinajstić information content (AvgIpc) is 3.21. The van der Waals surface area contributed by atoms with Crippen LogP contribution in [0.3, 0.4) is 0 Å². The molecule has 0 amide bonds. The summed E-state index contributed by atoms with van der Waals surface area (Å²) in [5.41, 5.74) is 2.65. The van der Waals surface area contributed by atoms with E-state index in [9.17, 15) is 5.11 Å². The van der Waals surface area contributed by atoms with Crippen molar-refractivity contribution in [3.05, 3.63) is 17.2 Å². The Morgan fingerprint density at radius 2 is 1.96 bits per heavy atom. The second kappa shape index (κ2) is 7.52. The van der Waals surface area contributed by atoms with Crippen LogP contribution in [0.2, 0.25) is 0 Å². The maximum absolute atomic E-state index is 10.5. The molecule has 3 heterocycles. The lowest BCUT2D eigenvalue weighted by molar-refractivity contribution is 0.00562. The number of rotatable bonds is 5. The highest BCUT2D eigenvalue weighted by atomic mass is 16.5. The van der Waals surface area contributed by atoms with Crippen molar-refractivity contribution in [1.82, 2.24) is 19.8 Å². The summed E-state index contributed by atoms with van der Waals surface area (Å²) in [5, 5.41) is 10.5. The monoisotopic (exact) mass is 334 g/mol. The lowest BCUT2D eigenvalue weighted by atomic mass is 10.0. The number of nitrogens with zero attached hydrogens (tertiary/aromatic N) is 3. The van der Waals surface area contributed by atoms with Crippen molar-refractivity contribution in [3.63, 3.8) is 0 Å². The molecule has 134 valence electrons. The van der Waals surface area contributed by atoms with Crippen molar-refractivity contribution < 1.29 is 9.84 Å². The van der Waals surface area contributed by atoms with Crippen molar-refractivity contribution in [2.75, 3.05) is 45.9 Å². The summed E-state index contributed by atoms with van der Waals surface area (Å²) in [4.78, 5) is 13.2. The van der Waals surface area contributed by atoms with E-state index in [0.717, 1.165) is 71.0 Å². The van der Waals surface area contributed by atoms with Gasteiger partial charge in [0.1, 0.15) is 5.82 Å². The van der Waals surface area contributed by atoms with Gasteiger partial charge in [-0.3, -0.25) is 9.80 Å². The topological polar surface area (TPSA) is 64.6 Å². The third-order valence-electron chi connectivity index (χ3n) is 5.67. The zero-order valence-electron chi connectivity index (χ0n) is 14.5. The molecular formula is C18H30N4O2. The predicted molar refractivity (Wildman–Crippen MR) is 92.0 cm³/mol. The molecule has 1 aliphatic carbocycles. The lowest BCUT2D eigenvalue weighted by Gasteiger charge is -2.31. The SMILES string of the molecule is O[C@H](CN1CCOCC1)CN1CCC[C@@H]1c1nc2c([nH]1)CCCC2. The van der Waals surface area contributed by atoms with Gasteiger partial charge >= 0.3 is 0 Å². The first-order valence-corrected chi connectivity index (χ1v) is 9.59. The predicted octanol–water partition coefficient (Wildman–Crippen LogP) is 1.12. The zero-order valence-corrected chi connectivity index (χ0v) is 14.5. The summed E-state index contributed by atoms with van der Waals surface area (Å²) >= 11 is 0. The number of aliphatic hydroxyl groups excluding tert-OH is 1. The number of ether oxygens (including phenoxy) is 1. The third kappa shape index (κ3) is 3.67. The molecule has 1 aromatic heterocycles. The summed E-state index contributed by atoms with van der Waals surface area (Å²) in [6, 6.07) is 0.356. The van der Waals surface area contributed by atoms with Gasteiger partial charge in [0.2, 0.25) is 0 Å². The van der Waals surface area contributed by atoms with Crippen LogP contribution in [-0.4, -0.2) is 76.9 Å². The quantitative estimate of drug-likeness (QED) is 0.845. The number of H-pyrrole nitrogens is 1. The second-order valence-corrected chi connectivity index (χ2v) is 7.47. The molecule has 2 aliphatic heterocycles.